The van der Waals surface area contributed by atoms with Gasteiger partial charge in [-0.2, -0.15) is 0 Å². The molecule has 16 heavy (non-hydrogen) atoms. The van der Waals surface area contributed by atoms with Crippen molar-refractivity contribution in [3.05, 3.63) is 22.9 Å². The highest BCUT2D eigenvalue weighted by atomic mass is 16.5. The maximum atomic E-state index is 12.0. The van der Waals surface area contributed by atoms with Gasteiger partial charge in [0.05, 0.1) is 0 Å². The van der Waals surface area contributed by atoms with Gasteiger partial charge in [-0.05, 0) is 32.6 Å². The average molecular weight is 224 g/mol. The number of aromatic nitrogens is 2. The Labute approximate surface area is 95.8 Å². The van der Waals surface area contributed by atoms with Gasteiger partial charge in [0.2, 0.25) is 0 Å². The first-order valence-corrected chi connectivity index (χ1v) is 6.03. The third-order valence-electron chi connectivity index (χ3n) is 3.23. The molecule has 0 atom stereocenters. The van der Waals surface area contributed by atoms with E-state index in [1.54, 1.807) is 4.57 Å². The van der Waals surface area contributed by atoms with Gasteiger partial charge in [-0.1, -0.05) is 0 Å². The first-order valence-electron chi connectivity index (χ1n) is 6.03. The first kappa shape index (κ1) is 11.5. The number of imidazole rings is 1. The first-order chi connectivity index (χ1) is 7.68. The molecule has 0 radical (unpaired) electrons. The minimum atomic E-state index is 0.112. The number of hydrogen-bond acceptors (Lipinski definition) is 2. The summed E-state index contributed by atoms with van der Waals surface area (Å²) in [6.45, 7) is 6.57. The molecule has 1 aliphatic heterocycles. The molecule has 0 aliphatic carbocycles. The standard InChI is InChI=1S/C12H20N2O2/c1-10(2)14-6-5-13(12(14)15)9-11-3-7-16-8-4-11/h5-6,10-11H,3-4,7-9H2,1-2H3. The van der Waals surface area contributed by atoms with Crippen LogP contribution in [0.5, 0.6) is 0 Å². The smallest absolute Gasteiger partial charge is 0.328 e. The predicted molar refractivity (Wildman–Crippen MR) is 62.6 cm³/mol. The molecule has 2 heterocycles. The molecule has 0 saturated carbocycles. The molecule has 0 aromatic carbocycles. The Morgan fingerprint density at radius 2 is 2.06 bits per heavy atom. The topological polar surface area (TPSA) is 36.2 Å². The Bertz CT molecular complexity index is 386. The summed E-state index contributed by atoms with van der Waals surface area (Å²) in [6.07, 6.45) is 5.92. The van der Waals surface area contributed by atoms with Crippen molar-refractivity contribution in [1.82, 2.24) is 9.13 Å². The quantitative estimate of drug-likeness (QED) is 0.782. The zero-order valence-corrected chi connectivity index (χ0v) is 10.1. The summed E-state index contributed by atoms with van der Waals surface area (Å²) >= 11 is 0. The minimum Gasteiger partial charge on any atom is -0.381 e. The molecular weight excluding hydrogens is 204 g/mol. The van der Waals surface area contributed by atoms with E-state index in [0.717, 1.165) is 32.6 Å². The summed E-state index contributed by atoms with van der Waals surface area (Å²) in [4.78, 5) is 12.0. The summed E-state index contributed by atoms with van der Waals surface area (Å²) in [5.41, 5.74) is 0.112. The van der Waals surface area contributed by atoms with Crippen LogP contribution in [0.15, 0.2) is 17.2 Å². The van der Waals surface area contributed by atoms with E-state index >= 15 is 0 Å². The molecule has 4 heteroatoms. The Kier molecular flexibility index (Phi) is 3.49. The number of nitrogens with zero attached hydrogens (tertiary/aromatic N) is 2. The van der Waals surface area contributed by atoms with Crippen LogP contribution in [-0.4, -0.2) is 22.3 Å². The second-order valence-electron chi connectivity index (χ2n) is 4.79. The molecule has 90 valence electrons. The molecule has 0 bridgehead atoms. The SMILES string of the molecule is CC(C)n1ccn(CC2CCOCC2)c1=O. The van der Waals surface area contributed by atoms with Crippen molar-refractivity contribution in [1.29, 1.82) is 0 Å². The van der Waals surface area contributed by atoms with Gasteiger partial charge in [-0.15, -0.1) is 0 Å². The lowest BCUT2D eigenvalue weighted by Gasteiger charge is -2.21. The third-order valence-corrected chi connectivity index (χ3v) is 3.23. The average Bonchev–Trinajstić information content (AvgIpc) is 2.62. The van der Waals surface area contributed by atoms with Crippen LogP contribution in [-0.2, 0) is 11.3 Å². The van der Waals surface area contributed by atoms with E-state index in [2.05, 4.69) is 0 Å². The lowest BCUT2D eigenvalue weighted by Crippen LogP contribution is -2.29. The summed E-state index contributed by atoms with van der Waals surface area (Å²) in [7, 11) is 0. The van der Waals surface area contributed by atoms with Crippen molar-refractivity contribution in [2.75, 3.05) is 13.2 Å². The molecule has 1 saturated heterocycles. The highest BCUT2D eigenvalue weighted by Crippen LogP contribution is 2.16. The van der Waals surface area contributed by atoms with Crippen molar-refractivity contribution in [3.8, 4) is 0 Å². The summed E-state index contributed by atoms with van der Waals surface area (Å²) in [6, 6.07) is 0.239. The molecular formula is C12H20N2O2. The Morgan fingerprint density at radius 3 is 2.62 bits per heavy atom. The minimum absolute atomic E-state index is 0.112. The van der Waals surface area contributed by atoms with Crippen molar-refractivity contribution < 1.29 is 4.74 Å². The van der Waals surface area contributed by atoms with Gasteiger partial charge in [-0.3, -0.25) is 9.13 Å². The molecule has 0 spiro atoms. The van der Waals surface area contributed by atoms with Crippen molar-refractivity contribution in [2.45, 2.75) is 39.3 Å². The van der Waals surface area contributed by atoms with Crippen molar-refractivity contribution in [2.24, 2.45) is 5.92 Å². The number of hydrogen-bond donors (Lipinski definition) is 0. The van der Waals surface area contributed by atoms with Gasteiger partial charge < -0.3 is 4.74 Å². The van der Waals surface area contributed by atoms with Crippen molar-refractivity contribution >= 4 is 0 Å². The fourth-order valence-corrected chi connectivity index (χ4v) is 2.17. The molecule has 0 N–H and O–H groups in total. The van der Waals surface area contributed by atoms with Crippen LogP contribution < -0.4 is 5.69 Å². The van der Waals surface area contributed by atoms with E-state index in [1.165, 1.54) is 0 Å². The van der Waals surface area contributed by atoms with Gasteiger partial charge in [0.1, 0.15) is 0 Å². The summed E-state index contributed by atoms with van der Waals surface area (Å²) in [5, 5.41) is 0. The van der Waals surface area contributed by atoms with E-state index in [9.17, 15) is 4.79 Å². The van der Waals surface area contributed by atoms with Crippen molar-refractivity contribution in [3.63, 3.8) is 0 Å². The lowest BCUT2D eigenvalue weighted by atomic mass is 10.0. The van der Waals surface area contributed by atoms with Gasteiger partial charge >= 0.3 is 5.69 Å². The maximum absolute atomic E-state index is 12.0. The second-order valence-corrected chi connectivity index (χ2v) is 4.79. The number of ether oxygens (including phenoxy) is 1. The van der Waals surface area contributed by atoms with Crippen LogP contribution in [0.25, 0.3) is 0 Å². The van der Waals surface area contributed by atoms with Crippen LogP contribution in [0, 0.1) is 5.92 Å². The molecule has 1 aromatic heterocycles. The van der Waals surface area contributed by atoms with E-state index in [-0.39, 0.29) is 11.7 Å². The highest BCUT2D eigenvalue weighted by molar-refractivity contribution is 4.84. The number of rotatable bonds is 3. The van der Waals surface area contributed by atoms with Crippen LogP contribution in [0.1, 0.15) is 32.7 Å². The van der Waals surface area contributed by atoms with Crippen LogP contribution in [0.4, 0.5) is 0 Å². The van der Waals surface area contributed by atoms with E-state index in [0.29, 0.717) is 5.92 Å². The molecule has 1 aromatic rings. The Balaban J connectivity index is 2.06. The zero-order chi connectivity index (χ0) is 11.5. The molecule has 0 unspecified atom stereocenters. The van der Waals surface area contributed by atoms with Gasteiger partial charge in [-0.25, -0.2) is 4.79 Å². The Hall–Kier alpha value is -1.03. The predicted octanol–water partition coefficient (Wildman–Crippen LogP) is 1.66. The van der Waals surface area contributed by atoms with Gasteiger partial charge in [0.25, 0.3) is 0 Å². The molecule has 1 fully saturated rings. The lowest BCUT2D eigenvalue weighted by molar-refractivity contribution is 0.0609. The van der Waals surface area contributed by atoms with Crippen LogP contribution >= 0.6 is 0 Å². The summed E-state index contributed by atoms with van der Waals surface area (Å²) in [5.74, 6) is 0.592. The van der Waals surface area contributed by atoms with Crippen LogP contribution in [0.2, 0.25) is 0 Å². The maximum Gasteiger partial charge on any atom is 0.328 e. The third kappa shape index (κ3) is 2.38. The van der Waals surface area contributed by atoms with Crippen LogP contribution in [0.3, 0.4) is 0 Å². The van der Waals surface area contributed by atoms with E-state index in [1.807, 2.05) is 30.8 Å². The van der Waals surface area contributed by atoms with Gasteiger partial charge in [0.15, 0.2) is 0 Å². The van der Waals surface area contributed by atoms with Gasteiger partial charge in [0, 0.05) is 38.2 Å². The largest absolute Gasteiger partial charge is 0.381 e. The highest BCUT2D eigenvalue weighted by Gasteiger charge is 2.16. The normalized spacial score (nSPS) is 18.2. The monoisotopic (exact) mass is 224 g/mol. The molecule has 1 aliphatic rings. The summed E-state index contributed by atoms with van der Waals surface area (Å²) < 4.78 is 8.92. The Morgan fingerprint density at radius 1 is 1.38 bits per heavy atom. The van der Waals surface area contributed by atoms with E-state index < -0.39 is 0 Å². The molecule has 2 rings (SSSR count). The fourth-order valence-electron chi connectivity index (χ4n) is 2.17. The second kappa shape index (κ2) is 4.87. The molecule has 4 nitrogen and oxygen atoms in total. The fraction of sp³-hybridized carbons (Fsp3) is 0.750. The zero-order valence-electron chi connectivity index (χ0n) is 10.1. The van der Waals surface area contributed by atoms with E-state index in [4.69, 9.17) is 4.74 Å². The molecule has 0 amide bonds.